The normalized spacial score (nSPS) is 18.5. The molecule has 0 spiro atoms. The highest BCUT2D eigenvalue weighted by Gasteiger charge is 2.19. The molecule has 3 nitrogen and oxygen atoms in total. The first kappa shape index (κ1) is 11.8. The van der Waals surface area contributed by atoms with Crippen molar-refractivity contribution in [3.63, 3.8) is 0 Å². The fraction of sp³-hybridized carbons (Fsp3) is 0.467. The fourth-order valence-electron chi connectivity index (χ4n) is 2.66. The van der Waals surface area contributed by atoms with E-state index in [1.54, 1.807) is 0 Å². The summed E-state index contributed by atoms with van der Waals surface area (Å²) >= 11 is 0. The highest BCUT2D eigenvalue weighted by atomic mass is 16.3. The van der Waals surface area contributed by atoms with E-state index < -0.39 is 0 Å². The van der Waals surface area contributed by atoms with Gasteiger partial charge in [0.15, 0.2) is 0 Å². The largest absolute Gasteiger partial charge is 0.460 e. The third-order valence-corrected chi connectivity index (χ3v) is 3.82. The highest BCUT2D eigenvalue weighted by molar-refractivity contribution is 5.77. The van der Waals surface area contributed by atoms with E-state index in [0.29, 0.717) is 12.5 Å². The maximum atomic E-state index is 9.13. The molecule has 0 saturated carbocycles. The van der Waals surface area contributed by atoms with Crippen molar-refractivity contribution < 1.29 is 9.52 Å². The summed E-state index contributed by atoms with van der Waals surface area (Å²) in [5.74, 6) is 1.54. The van der Waals surface area contributed by atoms with Gasteiger partial charge < -0.3 is 9.52 Å². The molecule has 1 saturated heterocycles. The lowest BCUT2D eigenvalue weighted by Crippen LogP contribution is -2.34. The van der Waals surface area contributed by atoms with Crippen LogP contribution in [0.5, 0.6) is 0 Å². The summed E-state index contributed by atoms with van der Waals surface area (Å²) in [4.78, 5) is 2.41. The van der Waals surface area contributed by atoms with E-state index in [9.17, 15) is 0 Å². The molecule has 0 radical (unpaired) electrons. The number of benzene rings is 1. The third-order valence-electron chi connectivity index (χ3n) is 3.82. The number of hydrogen-bond acceptors (Lipinski definition) is 3. The molecule has 1 aliphatic heterocycles. The summed E-state index contributed by atoms with van der Waals surface area (Å²) < 4.78 is 5.83. The molecule has 18 heavy (non-hydrogen) atoms. The van der Waals surface area contributed by atoms with Gasteiger partial charge >= 0.3 is 0 Å². The second-order valence-corrected chi connectivity index (χ2v) is 5.15. The predicted molar refractivity (Wildman–Crippen MR) is 71.3 cm³/mol. The summed E-state index contributed by atoms with van der Waals surface area (Å²) in [7, 11) is 0. The Hall–Kier alpha value is -1.32. The van der Waals surface area contributed by atoms with Crippen LogP contribution in [0.2, 0.25) is 0 Å². The Morgan fingerprint density at radius 2 is 2.00 bits per heavy atom. The molecule has 1 N–H and O–H groups in total. The molecule has 0 bridgehead atoms. The zero-order valence-electron chi connectivity index (χ0n) is 10.5. The molecule has 96 valence electrons. The van der Waals surface area contributed by atoms with Crippen LogP contribution in [0, 0.1) is 5.92 Å². The Balaban J connectivity index is 1.66. The van der Waals surface area contributed by atoms with Crippen LogP contribution in [-0.2, 0) is 6.54 Å². The van der Waals surface area contributed by atoms with Gasteiger partial charge in [-0.15, -0.1) is 0 Å². The molecule has 0 atom stereocenters. The highest BCUT2D eigenvalue weighted by Crippen LogP contribution is 2.22. The number of rotatable bonds is 3. The van der Waals surface area contributed by atoms with E-state index in [1.807, 2.05) is 18.2 Å². The van der Waals surface area contributed by atoms with Crippen molar-refractivity contribution in [3.05, 3.63) is 36.1 Å². The Bertz CT molecular complexity index is 479. The van der Waals surface area contributed by atoms with E-state index >= 15 is 0 Å². The molecule has 2 aromatic rings. The van der Waals surface area contributed by atoms with Crippen LogP contribution in [0.1, 0.15) is 18.6 Å². The molecular weight excluding hydrogens is 226 g/mol. The molecule has 0 unspecified atom stereocenters. The van der Waals surface area contributed by atoms with Crippen molar-refractivity contribution >= 4 is 11.0 Å². The first-order valence-corrected chi connectivity index (χ1v) is 6.66. The lowest BCUT2D eigenvalue weighted by atomic mass is 9.98. The SMILES string of the molecule is OCC1CCN(Cc2cc3ccccc3o2)CC1. The molecule has 2 heterocycles. The number of nitrogens with zero attached hydrogens (tertiary/aromatic N) is 1. The Morgan fingerprint density at radius 1 is 1.22 bits per heavy atom. The van der Waals surface area contributed by atoms with Crippen LogP contribution in [0.15, 0.2) is 34.7 Å². The lowest BCUT2D eigenvalue weighted by Gasteiger charge is -2.30. The average Bonchev–Trinajstić information content (AvgIpc) is 2.82. The fourth-order valence-corrected chi connectivity index (χ4v) is 2.66. The first-order valence-electron chi connectivity index (χ1n) is 6.66. The minimum Gasteiger partial charge on any atom is -0.460 e. The van der Waals surface area contributed by atoms with Gasteiger partial charge in [0.05, 0.1) is 6.54 Å². The Kier molecular flexibility index (Phi) is 3.35. The minimum absolute atomic E-state index is 0.332. The van der Waals surface area contributed by atoms with E-state index in [1.165, 1.54) is 5.39 Å². The van der Waals surface area contributed by atoms with E-state index in [4.69, 9.17) is 9.52 Å². The van der Waals surface area contributed by atoms with Crippen LogP contribution >= 0.6 is 0 Å². The average molecular weight is 245 g/mol. The van der Waals surface area contributed by atoms with Gasteiger partial charge in [0.1, 0.15) is 11.3 Å². The molecule has 1 aromatic heterocycles. The van der Waals surface area contributed by atoms with Crippen molar-refractivity contribution in [2.45, 2.75) is 19.4 Å². The second-order valence-electron chi connectivity index (χ2n) is 5.15. The van der Waals surface area contributed by atoms with Crippen LogP contribution in [0.25, 0.3) is 11.0 Å². The third kappa shape index (κ3) is 2.42. The Labute approximate surface area is 107 Å². The molecule has 0 aliphatic carbocycles. The van der Waals surface area contributed by atoms with Crippen molar-refractivity contribution in [2.24, 2.45) is 5.92 Å². The van der Waals surface area contributed by atoms with Gasteiger partial charge in [-0.2, -0.15) is 0 Å². The molecule has 3 rings (SSSR count). The number of hydrogen-bond donors (Lipinski definition) is 1. The first-order chi connectivity index (χ1) is 8.85. The van der Waals surface area contributed by atoms with E-state index in [-0.39, 0.29) is 0 Å². The topological polar surface area (TPSA) is 36.6 Å². The summed E-state index contributed by atoms with van der Waals surface area (Å²) in [5, 5.41) is 10.3. The van der Waals surface area contributed by atoms with Crippen LogP contribution in [0.3, 0.4) is 0 Å². The van der Waals surface area contributed by atoms with Gasteiger partial charge in [-0.1, -0.05) is 18.2 Å². The Morgan fingerprint density at radius 3 is 2.72 bits per heavy atom. The number of likely N-dealkylation sites (tertiary alicyclic amines) is 1. The van der Waals surface area contributed by atoms with Gasteiger partial charge in [-0.25, -0.2) is 0 Å². The predicted octanol–water partition coefficient (Wildman–Crippen LogP) is 2.64. The van der Waals surface area contributed by atoms with E-state index in [2.05, 4.69) is 17.0 Å². The number of aliphatic hydroxyl groups excluding tert-OH is 1. The molecule has 1 fully saturated rings. The summed E-state index contributed by atoms with van der Waals surface area (Å²) in [6.45, 7) is 3.33. The molecule has 1 aromatic carbocycles. The lowest BCUT2D eigenvalue weighted by molar-refractivity contribution is 0.122. The van der Waals surface area contributed by atoms with Crippen molar-refractivity contribution in [1.82, 2.24) is 4.90 Å². The molecular formula is C15H19NO2. The van der Waals surface area contributed by atoms with Crippen molar-refractivity contribution in [1.29, 1.82) is 0 Å². The minimum atomic E-state index is 0.332. The van der Waals surface area contributed by atoms with E-state index in [0.717, 1.165) is 43.8 Å². The molecule has 1 aliphatic rings. The van der Waals surface area contributed by atoms with Gasteiger partial charge in [-0.3, -0.25) is 4.90 Å². The van der Waals surface area contributed by atoms with Gasteiger partial charge in [0, 0.05) is 12.0 Å². The summed E-state index contributed by atoms with van der Waals surface area (Å²) in [6.07, 6.45) is 2.19. The van der Waals surface area contributed by atoms with Gasteiger partial charge in [0.2, 0.25) is 0 Å². The van der Waals surface area contributed by atoms with Gasteiger partial charge in [-0.05, 0) is 44.0 Å². The van der Waals surface area contributed by atoms with Gasteiger partial charge in [0.25, 0.3) is 0 Å². The standard InChI is InChI=1S/C15H19NO2/c17-11-12-5-7-16(8-6-12)10-14-9-13-3-1-2-4-15(13)18-14/h1-4,9,12,17H,5-8,10-11H2. The van der Waals surface area contributed by atoms with Crippen LogP contribution in [0.4, 0.5) is 0 Å². The number of para-hydroxylation sites is 1. The maximum Gasteiger partial charge on any atom is 0.134 e. The maximum absolute atomic E-state index is 9.13. The quantitative estimate of drug-likeness (QED) is 0.903. The summed E-state index contributed by atoms with van der Waals surface area (Å²) in [5.41, 5.74) is 0.970. The molecule has 0 amide bonds. The van der Waals surface area contributed by atoms with Crippen molar-refractivity contribution in [3.8, 4) is 0 Å². The number of fused-ring (bicyclic) bond motifs is 1. The zero-order chi connectivity index (χ0) is 12.4. The number of aliphatic hydroxyl groups is 1. The smallest absolute Gasteiger partial charge is 0.134 e. The molecule has 3 heteroatoms. The van der Waals surface area contributed by atoms with Crippen molar-refractivity contribution in [2.75, 3.05) is 19.7 Å². The number of piperidine rings is 1. The zero-order valence-corrected chi connectivity index (χ0v) is 10.5. The second kappa shape index (κ2) is 5.12. The monoisotopic (exact) mass is 245 g/mol. The van der Waals surface area contributed by atoms with Crippen LogP contribution in [-0.4, -0.2) is 29.7 Å². The summed E-state index contributed by atoms with van der Waals surface area (Å²) in [6, 6.07) is 10.3. The number of furan rings is 1. The van der Waals surface area contributed by atoms with Crippen LogP contribution < -0.4 is 0 Å².